The van der Waals surface area contributed by atoms with Crippen LogP contribution in [0, 0.1) is 0 Å². The van der Waals surface area contributed by atoms with E-state index in [4.69, 9.17) is 9.15 Å². The highest BCUT2D eigenvalue weighted by atomic mass is 32.2. The van der Waals surface area contributed by atoms with Crippen LogP contribution in [0.4, 0.5) is 0 Å². The van der Waals surface area contributed by atoms with Crippen molar-refractivity contribution in [2.75, 3.05) is 13.4 Å². The Bertz CT molecular complexity index is 584. The molecule has 0 saturated heterocycles. The summed E-state index contributed by atoms with van der Waals surface area (Å²) in [5, 5.41) is 0.950. The average Bonchev–Trinajstić information content (AvgIpc) is 2.80. The minimum atomic E-state index is -0.361. The maximum absolute atomic E-state index is 11.8. The quantitative estimate of drug-likeness (QED) is 0.619. The van der Waals surface area contributed by atoms with Gasteiger partial charge in [-0.2, -0.15) is 0 Å². The van der Waals surface area contributed by atoms with E-state index in [0.29, 0.717) is 17.1 Å². The van der Waals surface area contributed by atoms with Gasteiger partial charge in [-0.1, -0.05) is 13.8 Å². The highest BCUT2D eigenvalue weighted by Crippen LogP contribution is 2.31. The van der Waals surface area contributed by atoms with Gasteiger partial charge in [0.15, 0.2) is 0 Å². The van der Waals surface area contributed by atoms with Crippen LogP contribution in [-0.2, 0) is 4.74 Å². The van der Waals surface area contributed by atoms with Crippen molar-refractivity contribution in [1.29, 1.82) is 0 Å². The molecule has 2 rings (SSSR count). The number of furan rings is 1. The second kappa shape index (κ2) is 5.06. The van der Waals surface area contributed by atoms with Crippen molar-refractivity contribution in [3.05, 3.63) is 29.5 Å². The number of thioether (sulfide) groups is 1. The fourth-order valence-electron chi connectivity index (χ4n) is 1.81. The van der Waals surface area contributed by atoms with Gasteiger partial charge in [-0.25, -0.2) is 4.79 Å². The molecule has 0 amide bonds. The van der Waals surface area contributed by atoms with Gasteiger partial charge >= 0.3 is 5.97 Å². The summed E-state index contributed by atoms with van der Waals surface area (Å²) in [4.78, 5) is 12.8. The molecule has 1 heterocycles. The number of esters is 1. The third kappa shape index (κ3) is 2.25. The van der Waals surface area contributed by atoms with E-state index in [0.717, 1.165) is 16.0 Å². The van der Waals surface area contributed by atoms with Gasteiger partial charge < -0.3 is 9.15 Å². The first-order valence-electron chi connectivity index (χ1n) is 5.76. The average molecular weight is 264 g/mol. The monoisotopic (exact) mass is 264 g/mol. The van der Waals surface area contributed by atoms with Crippen LogP contribution in [0.15, 0.2) is 27.5 Å². The Morgan fingerprint density at radius 2 is 2.06 bits per heavy atom. The Labute approximate surface area is 110 Å². The van der Waals surface area contributed by atoms with Gasteiger partial charge in [0, 0.05) is 16.2 Å². The van der Waals surface area contributed by atoms with Gasteiger partial charge in [0.2, 0.25) is 0 Å². The van der Waals surface area contributed by atoms with Crippen LogP contribution in [0.5, 0.6) is 0 Å². The largest absolute Gasteiger partial charge is 0.465 e. The first kappa shape index (κ1) is 13.0. The molecule has 0 aliphatic heterocycles. The minimum Gasteiger partial charge on any atom is -0.465 e. The fourth-order valence-corrected chi connectivity index (χ4v) is 2.29. The van der Waals surface area contributed by atoms with Crippen molar-refractivity contribution in [3.8, 4) is 0 Å². The zero-order valence-corrected chi connectivity index (χ0v) is 11.8. The lowest BCUT2D eigenvalue weighted by Gasteiger charge is -2.03. The number of hydrogen-bond acceptors (Lipinski definition) is 4. The third-order valence-corrected chi connectivity index (χ3v) is 3.53. The molecule has 1 aromatic heterocycles. The second-order valence-corrected chi connectivity index (χ2v) is 5.27. The van der Waals surface area contributed by atoms with Crippen molar-refractivity contribution in [3.63, 3.8) is 0 Å². The third-order valence-electron chi connectivity index (χ3n) is 2.82. The van der Waals surface area contributed by atoms with Gasteiger partial charge in [0.05, 0.1) is 7.11 Å². The van der Waals surface area contributed by atoms with Crippen LogP contribution in [0.25, 0.3) is 11.0 Å². The topological polar surface area (TPSA) is 39.4 Å². The van der Waals surface area contributed by atoms with Crippen LogP contribution in [-0.4, -0.2) is 19.3 Å². The molecule has 0 bridgehead atoms. The lowest BCUT2D eigenvalue weighted by atomic mass is 10.1. The van der Waals surface area contributed by atoms with Gasteiger partial charge in [-0.15, -0.1) is 11.8 Å². The maximum atomic E-state index is 11.8. The van der Waals surface area contributed by atoms with E-state index in [1.807, 2.05) is 24.5 Å². The van der Waals surface area contributed by atoms with E-state index in [1.165, 1.54) is 7.11 Å². The molecule has 0 saturated carbocycles. The van der Waals surface area contributed by atoms with E-state index < -0.39 is 0 Å². The Morgan fingerprint density at radius 1 is 1.33 bits per heavy atom. The summed E-state index contributed by atoms with van der Waals surface area (Å²) in [7, 11) is 1.38. The van der Waals surface area contributed by atoms with E-state index >= 15 is 0 Å². The molecule has 0 aliphatic rings. The molecular formula is C14H16O3S. The molecule has 96 valence electrons. The summed E-state index contributed by atoms with van der Waals surface area (Å²) in [5.41, 5.74) is 1.11. The summed E-state index contributed by atoms with van der Waals surface area (Å²) in [6.45, 7) is 4.12. The molecule has 0 radical (unpaired) electrons. The molecule has 18 heavy (non-hydrogen) atoms. The zero-order chi connectivity index (χ0) is 13.3. The van der Waals surface area contributed by atoms with E-state index in [9.17, 15) is 4.79 Å². The number of hydrogen-bond donors (Lipinski definition) is 0. The lowest BCUT2D eigenvalue weighted by Crippen LogP contribution is -2.01. The number of ether oxygens (including phenoxy) is 1. The molecule has 0 unspecified atom stereocenters. The lowest BCUT2D eigenvalue weighted by molar-refractivity contribution is 0.0601. The van der Waals surface area contributed by atoms with Crippen molar-refractivity contribution < 1.29 is 13.9 Å². The van der Waals surface area contributed by atoms with Crippen LogP contribution < -0.4 is 0 Å². The number of rotatable bonds is 3. The highest BCUT2D eigenvalue weighted by molar-refractivity contribution is 7.98. The molecule has 0 fully saturated rings. The maximum Gasteiger partial charge on any atom is 0.341 e. The first-order chi connectivity index (χ1) is 8.56. The fraction of sp³-hybridized carbons (Fsp3) is 0.357. The summed E-state index contributed by atoms with van der Waals surface area (Å²) in [6, 6.07) is 5.83. The van der Waals surface area contributed by atoms with Crippen molar-refractivity contribution in [2.45, 2.75) is 24.7 Å². The predicted molar refractivity (Wildman–Crippen MR) is 73.4 cm³/mol. The Hall–Kier alpha value is -1.42. The predicted octanol–water partition coefficient (Wildman–Crippen LogP) is 4.06. The van der Waals surface area contributed by atoms with Crippen LogP contribution in [0.3, 0.4) is 0 Å². The Balaban J connectivity index is 2.69. The summed E-state index contributed by atoms with van der Waals surface area (Å²) < 4.78 is 10.6. The summed E-state index contributed by atoms with van der Waals surface area (Å²) in [6.07, 6.45) is 1.98. The van der Waals surface area contributed by atoms with Gasteiger partial charge in [-0.05, 0) is 24.5 Å². The van der Waals surface area contributed by atoms with E-state index in [1.54, 1.807) is 11.8 Å². The first-order valence-corrected chi connectivity index (χ1v) is 6.99. The SMILES string of the molecule is COC(=O)c1cc(SC)cc2cc(C(C)C)oc12. The molecule has 0 aliphatic carbocycles. The van der Waals surface area contributed by atoms with Crippen molar-refractivity contribution in [2.24, 2.45) is 0 Å². The number of fused-ring (bicyclic) bond motifs is 1. The number of methoxy groups -OCH3 is 1. The summed E-state index contributed by atoms with van der Waals surface area (Å²) >= 11 is 1.59. The van der Waals surface area contributed by atoms with Crippen LogP contribution in [0.2, 0.25) is 0 Å². The number of carbonyl (C=O) groups is 1. The standard InChI is InChI=1S/C14H16O3S/c1-8(2)12-6-9-5-10(18-4)7-11(13(9)17-12)14(15)16-3/h5-8H,1-4H3. The van der Waals surface area contributed by atoms with Crippen LogP contribution in [0.1, 0.15) is 35.9 Å². The smallest absolute Gasteiger partial charge is 0.341 e. The molecule has 0 atom stereocenters. The van der Waals surface area contributed by atoms with Crippen molar-refractivity contribution in [1.82, 2.24) is 0 Å². The van der Waals surface area contributed by atoms with Gasteiger partial charge in [0.1, 0.15) is 16.9 Å². The molecule has 0 N–H and O–H groups in total. The molecular weight excluding hydrogens is 248 g/mol. The number of carbonyl (C=O) groups excluding carboxylic acids is 1. The molecule has 1 aromatic carbocycles. The van der Waals surface area contributed by atoms with E-state index in [-0.39, 0.29) is 5.97 Å². The van der Waals surface area contributed by atoms with Crippen LogP contribution >= 0.6 is 11.8 Å². The highest BCUT2D eigenvalue weighted by Gasteiger charge is 2.17. The van der Waals surface area contributed by atoms with Gasteiger partial charge in [-0.3, -0.25) is 0 Å². The molecule has 2 aromatic rings. The van der Waals surface area contributed by atoms with Crippen molar-refractivity contribution >= 4 is 28.7 Å². The zero-order valence-electron chi connectivity index (χ0n) is 10.9. The normalized spacial score (nSPS) is 11.2. The molecule has 0 spiro atoms. The molecule has 3 nitrogen and oxygen atoms in total. The van der Waals surface area contributed by atoms with E-state index in [2.05, 4.69) is 13.8 Å². The Kier molecular flexibility index (Phi) is 3.66. The molecule has 4 heteroatoms. The number of benzene rings is 1. The van der Waals surface area contributed by atoms with Gasteiger partial charge in [0.25, 0.3) is 0 Å². The summed E-state index contributed by atoms with van der Waals surface area (Å²) in [5.74, 6) is 0.814. The second-order valence-electron chi connectivity index (χ2n) is 4.39. The minimum absolute atomic E-state index is 0.292. The Morgan fingerprint density at radius 3 is 2.61 bits per heavy atom.